The number of carbonyl (C=O) groups excluding carboxylic acids is 1. The Balaban J connectivity index is 2.46. The molecule has 0 radical (unpaired) electrons. The SMILES string of the molecule is COc1cc(Cl)ccc1[N+]1=NOC([O-])C1C(C)=O. The van der Waals surface area contributed by atoms with E-state index in [1.165, 1.54) is 18.7 Å². The summed E-state index contributed by atoms with van der Waals surface area (Å²) in [6.45, 7) is 1.31. The van der Waals surface area contributed by atoms with Gasteiger partial charge in [0.25, 0.3) is 11.7 Å². The molecule has 2 rings (SSSR count). The van der Waals surface area contributed by atoms with Crippen LogP contribution in [0.1, 0.15) is 6.92 Å². The van der Waals surface area contributed by atoms with Gasteiger partial charge in [0, 0.05) is 24.1 Å². The highest BCUT2D eigenvalue weighted by Crippen LogP contribution is 2.33. The van der Waals surface area contributed by atoms with E-state index >= 15 is 0 Å². The second-order valence-electron chi connectivity index (χ2n) is 3.77. The van der Waals surface area contributed by atoms with Gasteiger partial charge in [-0.25, -0.2) is 0 Å². The van der Waals surface area contributed by atoms with Crippen LogP contribution in [0.4, 0.5) is 5.69 Å². The number of benzene rings is 1. The standard InChI is InChI=1S/C11H11ClN2O4/c1-6(15)10-11(16)18-13-14(10)8-4-3-7(12)5-9(8)17-2/h3-5,10-11H,1-2H3. The maximum absolute atomic E-state index is 11.5. The second kappa shape index (κ2) is 4.91. The van der Waals surface area contributed by atoms with Crippen LogP contribution in [0.15, 0.2) is 23.5 Å². The second-order valence-corrected chi connectivity index (χ2v) is 4.21. The molecule has 0 aliphatic carbocycles. The molecular weight excluding hydrogens is 260 g/mol. The lowest BCUT2D eigenvalue weighted by Gasteiger charge is -2.14. The van der Waals surface area contributed by atoms with Gasteiger partial charge in [-0.15, -0.1) is 0 Å². The van der Waals surface area contributed by atoms with Crippen molar-refractivity contribution in [1.29, 1.82) is 0 Å². The van der Waals surface area contributed by atoms with Gasteiger partial charge >= 0.3 is 0 Å². The van der Waals surface area contributed by atoms with Crippen LogP contribution in [0.3, 0.4) is 0 Å². The summed E-state index contributed by atoms with van der Waals surface area (Å²) in [6, 6.07) is 3.80. The molecule has 0 fully saturated rings. The zero-order chi connectivity index (χ0) is 13.3. The molecule has 96 valence electrons. The molecule has 0 spiro atoms. The quantitative estimate of drug-likeness (QED) is 0.769. The van der Waals surface area contributed by atoms with Crippen LogP contribution in [0.2, 0.25) is 5.02 Å². The molecule has 0 saturated heterocycles. The molecule has 1 aliphatic rings. The smallest absolute Gasteiger partial charge is 0.277 e. The van der Waals surface area contributed by atoms with E-state index in [0.29, 0.717) is 16.5 Å². The fraction of sp³-hybridized carbons (Fsp3) is 0.364. The number of hydrogen-bond donors (Lipinski definition) is 0. The van der Waals surface area contributed by atoms with Crippen LogP contribution in [0.25, 0.3) is 0 Å². The van der Waals surface area contributed by atoms with Crippen molar-refractivity contribution in [2.45, 2.75) is 19.3 Å². The summed E-state index contributed by atoms with van der Waals surface area (Å²) < 4.78 is 6.36. The zero-order valence-electron chi connectivity index (χ0n) is 9.79. The van der Waals surface area contributed by atoms with E-state index in [4.69, 9.17) is 16.3 Å². The first-order valence-corrected chi connectivity index (χ1v) is 5.58. The normalized spacial score (nSPS) is 22.3. The Hall–Kier alpha value is -1.66. The van der Waals surface area contributed by atoms with Gasteiger partial charge in [0.1, 0.15) is 6.29 Å². The monoisotopic (exact) mass is 270 g/mol. The van der Waals surface area contributed by atoms with E-state index < -0.39 is 12.3 Å². The maximum Gasteiger partial charge on any atom is 0.277 e. The van der Waals surface area contributed by atoms with Crippen LogP contribution >= 0.6 is 11.6 Å². The minimum atomic E-state index is -1.54. The van der Waals surface area contributed by atoms with E-state index in [1.54, 1.807) is 18.2 Å². The van der Waals surface area contributed by atoms with Crippen molar-refractivity contribution in [3.63, 3.8) is 0 Å². The molecule has 0 bridgehead atoms. The Morgan fingerprint density at radius 3 is 2.94 bits per heavy atom. The van der Waals surface area contributed by atoms with Gasteiger partial charge in [0.05, 0.1) is 7.11 Å². The number of hydrogen-bond acceptors (Lipinski definition) is 5. The number of halogens is 1. The van der Waals surface area contributed by atoms with Gasteiger partial charge in [0.2, 0.25) is 5.78 Å². The summed E-state index contributed by atoms with van der Waals surface area (Å²) in [5.74, 6) is 0.0865. The van der Waals surface area contributed by atoms with Gasteiger partial charge in [0.15, 0.2) is 11.0 Å². The summed E-state index contributed by atoms with van der Waals surface area (Å²) >= 11 is 5.84. The minimum absolute atomic E-state index is 0.326. The first-order chi connectivity index (χ1) is 8.54. The fourth-order valence-electron chi connectivity index (χ4n) is 1.72. The molecule has 18 heavy (non-hydrogen) atoms. The molecular formula is C11H11ClN2O4. The van der Waals surface area contributed by atoms with Gasteiger partial charge in [-0.1, -0.05) is 11.6 Å². The van der Waals surface area contributed by atoms with Crippen molar-refractivity contribution in [3.8, 4) is 5.75 Å². The van der Waals surface area contributed by atoms with Gasteiger partial charge in [-0.05, 0) is 10.8 Å². The third kappa shape index (κ3) is 2.16. The molecule has 1 aromatic rings. The lowest BCUT2D eigenvalue weighted by Crippen LogP contribution is -2.44. The van der Waals surface area contributed by atoms with Crippen LogP contribution < -0.4 is 9.84 Å². The van der Waals surface area contributed by atoms with Crippen LogP contribution in [-0.4, -0.2) is 29.9 Å². The van der Waals surface area contributed by atoms with Crippen molar-refractivity contribution < 1.29 is 24.2 Å². The molecule has 0 amide bonds. The topological polar surface area (TPSA) is 74.0 Å². The number of ketones is 1. The Morgan fingerprint density at radius 1 is 1.61 bits per heavy atom. The van der Waals surface area contributed by atoms with Crippen molar-refractivity contribution >= 4 is 23.1 Å². The highest BCUT2D eigenvalue weighted by molar-refractivity contribution is 6.30. The first-order valence-electron chi connectivity index (χ1n) is 5.20. The Labute approximate surface area is 108 Å². The van der Waals surface area contributed by atoms with E-state index in [0.717, 1.165) is 0 Å². The lowest BCUT2D eigenvalue weighted by atomic mass is 10.1. The van der Waals surface area contributed by atoms with E-state index in [1.807, 2.05) is 0 Å². The van der Waals surface area contributed by atoms with Crippen molar-refractivity contribution in [2.24, 2.45) is 5.28 Å². The van der Waals surface area contributed by atoms with Crippen molar-refractivity contribution in [3.05, 3.63) is 23.2 Å². The molecule has 2 atom stereocenters. The average Bonchev–Trinajstić information content (AvgIpc) is 2.70. The number of rotatable bonds is 3. The zero-order valence-corrected chi connectivity index (χ0v) is 10.5. The summed E-state index contributed by atoms with van der Waals surface area (Å²) in [6.07, 6.45) is -1.54. The molecule has 1 aromatic carbocycles. The van der Waals surface area contributed by atoms with Crippen molar-refractivity contribution in [1.82, 2.24) is 0 Å². The maximum atomic E-state index is 11.5. The third-order valence-electron chi connectivity index (χ3n) is 2.57. The number of Topliss-reactive ketones (excluding diaryl/α,β-unsaturated/α-hetero) is 1. The Kier molecular flexibility index (Phi) is 3.49. The first kappa shape index (κ1) is 12.8. The van der Waals surface area contributed by atoms with Gasteiger partial charge in [-0.2, -0.15) is 0 Å². The Bertz CT molecular complexity index is 518. The summed E-state index contributed by atoms with van der Waals surface area (Å²) in [7, 11) is 1.46. The molecule has 0 N–H and O–H groups in total. The number of carbonyl (C=O) groups is 1. The minimum Gasteiger partial charge on any atom is -0.814 e. The van der Waals surface area contributed by atoms with E-state index in [9.17, 15) is 9.90 Å². The third-order valence-corrected chi connectivity index (χ3v) is 2.80. The van der Waals surface area contributed by atoms with E-state index in [-0.39, 0.29) is 5.78 Å². The largest absolute Gasteiger partial charge is 0.814 e. The van der Waals surface area contributed by atoms with Crippen LogP contribution in [0.5, 0.6) is 5.75 Å². The van der Waals surface area contributed by atoms with Gasteiger partial charge < -0.3 is 14.7 Å². The summed E-state index contributed by atoms with van der Waals surface area (Å²) in [5.41, 5.74) is 0.459. The molecule has 7 heteroatoms. The highest BCUT2D eigenvalue weighted by Gasteiger charge is 2.41. The number of methoxy groups -OCH3 is 1. The molecule has 1 aliphatic heterocycles. The predicted octanol–water partition coefficient (Wildman–Crippen LogP) is 1.03. The molecule has 1 heterocycles. The highest BCUT2D eigenvalue weighted by atomic mass is 35.5. The van der Waals surface area contributed by atoms with Crippen LogP contribution in [-0.2, 0) is 9.63 Å². The lowest BCUT2D eigenvalue weighted by molar-refractivity contribution is -0.561. The predicted molar refractivity (Wildman–Crippen MR) is 59.7 cm³/mol. The van der Waals surface area contributed by atoms with Gasteiger partial charge in [-0.3, -0.25) is 4.79 Å². The summed E-state index contributed by atoms with van der Waals surface area (Å²) in [5, 5.41) is 15.6. The number of nitrogens with zero attached hydrogens (tertiary/aromatic N) is 2. The van der Waals surface area contributed by atoms with E-state index in [2.05, 4.69) is 10.1 Å². The molecule has 0 aromatic heterocycles. The summed E-state index contributed by atoms with van der Waals surface area (Å²) in [4.78, 5) is 16.1. The number of ether oxygens (including phenoxy) is 1. The Morgan fingerprint density at radius 2 is 2.33 bits per heavy atom. The molecule has 0 saturated carbocycles. The van der Waals surface area contributed by atoms with Crippen LogP contribution in [0, 0.1) is 0 Å². The molecule has 6 nitrogen and oxygen atoms in total. The van der Waals surface area contributed by atoms with Crippen molar-refractivity contribution in [2.75, 3.05) is 7.11 Å². The molecule has 2 unspecified atom stereocenters. The average molecular weight is 271 g/mol. The fourth-order valence-corrected chi connectivity index (χ4v) is 1.88.